The average Bonchev–Trinajstić information content (AvgIpc) is 3.05. The molecule has 0 bridgehead atoms. The van der Waals surface area contributed by atoms with Crippen LogP contribution in [0.5, 0.6) is 0 Å². The van der Waals surface area contributed by atoms with Crippen LogP contribution in [-0.4, -0.2) is 21.1 Å². The number of benzene rings is 1. The third-order valence-electron chi connectivity index (χ3n) is 2.96. The van der Waals surface area contributed by atoms with Gasteiger partial charge in [0.15, 0.2) is 5.13 Å². The first-order chi connectivity index (χ1) is 10.5. The lowest BCUT2D eigenvalue weighted by Gasteiger charge is -2.01. The zero-order valence-corrected chi connectivity index (χ0v) is 13.5. The smallest absolute Gasteiger partial charge is 0.284 e. The van der Waals surface area contributed by atoms with Crippen molar-refractivity contribution < 1.29 is 9.21 Å². The van der Waals surface area contributed by atoms with E-state index in [4.69, 9.17) is 16.6 Å². The Morgan fingerprint density at radius 1 is 1.32 bits per heavy atom. The van der Waals surface area contributed by atoms with Gasteiger partial charge in [-0.15, -0.1) is 5.10 Å². The Bertz CT molecular complexity index is 877. The van der Waals surface area contributed by atoms with Crippen LogP contribution < -0.4 is 5.32 Å². The highest BCUT2D eigenvalue weighted by atomic mass is 32.1. The Kier molecular flexibility index (Phi) is 3.86. The molecule has 8 heteroatoms. The minimum Gasteiger partial charge on any atom is -0.408 e. The monoisotopic (exact) mass is 332 g/mol. The van der Waals surface area contributed by atoms with Gasteiger partial charge >= 0.3 is 0 Å². The number of aryl methyl sites for hydroxylation is 2. The van der Waals surface area contributed by atoms with E-state index in [0.717, 1.165) is 16.1 Å². The number of aromatic nitrogens is 3. The highest BCUT2D eigenvalue weighted by Gasteiger charge is 2.16. The highest BCUT2D eigenvalue weighted by molar-refractivity contribution is 7.71. The SMILES string of the molecule is Cc1ccc(C(=O)Nc2nc(C)c(-c3n[nH]c(=S)o3)s2)cc1. The fourth-order valence-electron chi connectivity index (χ4n) is 1.85. The van der Waals surface area contributed by atoms with Gasteiger partial charge in [-0.1, -0.05) is 29.0 Å². The Morgan fingerprint density at radius 2 is 2.05 bits per heavy atom. The lowest BCUT2D eigenvalue weighted by molar-refractivity contribution is 0.102. The molecule has 0 unspecified atom stereocenters. The van der Waals surface area contributed by atoms with Crippen LogP contribution in [-0.2, 0) is 0 Å². The molecular weight excluding hydrogens is 320 g/mol. The molecule has 3 rings (SSSR count). The van der Waals surface area contributed by atoms with E-state index < -0.39 is 0 Å². The summed E-state index contributed by atoms with van der Waals surface area (Å²) in [6.45, 7) is 3.79. The summed E-state index contributed by atoms with van der Waals surface area (Å²) in [6.07, 6.45) is 0. The Labute approximate surface area is 135 Å². The van der Waals surface area contributed by atoms with E-state index in [1.807, 2.05) is 26.0 Å². The topological polar surface area (TPSA) is 83.8 Å². The average molecular weight is 332 g/mol. The first-order valence-electron chi connectivity index (χ1n) is 6.44. The third-order valence-corrected chi connectivity index (χ3v) is 4.20. The predicted molar refractivity (Wildman–Crippen MR) is 86.7 cm³/mol. The zero-order chi connectivity index (χ0) is 15.7. The van der Waals surface area contributed by atoms with Crippen LogP contribution in [0, 0.1) is 18.7 Å². The standard InChI is InChI=1S/C14H12N4O2S2/c1-7-3-5-9(6-4-7)11(19)16-13-15-8(2)10(22-13)12-17-18-14(21)20-12/h3-6H,1-2H3,(H,18,21)(H,15,16,19). The first kappa shape index (κ1) is 14.6. The van der Waals surface area contributed by atoms with Crippen molar-refractivity contribution in [2.75, 3.05) is 5.32 Å². The number of nitrogens with zero attached hydrogens (tertiary/aromatic N) is 2. The van der Waals surface area contributed by atoms with Crippen molar-refractivity contribution in [1.82, 2.24) is 15.2 Å². The van der Waals surface area contributed by atoms with Crippen LogP contribution in [0.25, 0.3) is 10.8 Å². The summed E-state index contributed by atoms with van der Waals surface area (Å²) >= 11 is 6.14. The number of H-pyrrole nitrogens is 1. The van der Waals surface area contributed by atoms with Gasteiger partial charge in [-0.3, -0.25) is 10.1 Å². The summed E-state index contributed by atoms with van der Waals surface area (Å²) in [5.74, 6) is 0.166. The number of nitrogens with one attached hydrogen (secondary N) is 2. The first-order valence-corrected chi connectivity index (χ1v) is 7.67. The van der Waals surface area contributed by atoms with Gasteiger partial charge in [0.25, 0.3) is 16.6 Å². The maximum Gasteiger partial charge on any atom is 0.284 e. The number of hydrogen-bond acceptors (Lipinski definition) is 6. The van der Waals surface area contributed by atoms with E-state index in [-0.39, 0.29) is 10.7 Å². The molecule has 0 aliphatic rings. The molecule has 6 nitrogen and oxygen atoms in total. The molecule has 1 amide bonds. The minimum atomic E-state index is -0.205. The van der Waals surface area contributed by atoms with Gasteiger partial charge in [0, 0.05) is 5.56 Å². The highest BCUT2D eigenvalue weighted by Crippen LogP contribution is 2.31. The van der Waals surface area contributed by atoms with Gasteiger partial charge in [0.1, 0.15) is 4.88 Å². The Balaban J connectivity index is 1.83. The maximum absolute atomic E-state index is 12.2. The van der Waals surface area contributed by atoms with Crippen molar-refractivity contribution in [2.24, 2.45) is 0 Å². The number of amides is 1. The number of carbonyl (C=O) groups is 1. The van der Waals surface area contributed by atoms with E-state index in [1.54, 1.807) is 12.1 Å². The molecule has 2 aromatic heterocycles. The summed E-state index contributed by atoms with van der Waals surface area (Å²) in [6, 6.07) is 7.33. The van der Waals surface area contributed by atoms with Crippen molar-refractivity contribution in [3.05, 3.63) is 45.9 Å². The van der Waals surface area contributed by atoms with Crippen LogP contribution in [0.4, 0.5) is 5.13 Å². The molecule has 0 aliphatic heterocycles. The van der Waals surface area contributed by atoms with Crippen molar-refractivity contribution in [2.45, 2.75) is 13.8 Å². The van der Waals surface area contributed by atoms with E-state index in [9.17, 15) is 4.79 Å². The molecule has 22 heavy (non-hydrogen) atoms. The molecular formula is C14H12N4O2S2. The second-order valence-corrected chi connectivity index (χ2v) is 6.04. The molecule has 0 saturated carbocycles. The summed E-state index contributed by atoms with van der Waals surface area (Å²) in [4.78, 5) is 17.4. The van der Waals surface area contributed by atoms with Gasteiger partial charge in [-0.2, -0.15) is 0 Å². The number of rotatable bonds is 3. The number of thiazole rings is 1. The second kappa shape index (κ2) is 5.82. The van der Waals surface area contributed by atoms with Gasteiger partial charge in [0.2, 0.25) is 0 Å². The lowest BCUT2D eigenvalue weighted by Crippen LogP contribution is -2.11. The molecule has 0 radical (unpaired) electrons. The van der Waals surface area contributed by atoms with Crippen LogP contribution in [0.15, 0.2) is 28.7 Å². The summed E-state index contributed by atoms with van der Waals surface area (Å²) in [7, 11) is 0. The molecule has 0 fully saturated rings. The molecule has 0 atom stereocenters. The number of hydrogen-bond donors (Lipinski definition) is 2. The lowest BCUT2D eigenvalue weighted by atomic mass is 10.1. The number of aromatic amines is 1. The van der Waals surface area contributed by atoms with Crippen LogP contribution >= 0.6 is 23.6 Å². The fraction of sp³-hybridized carbons (Fsp3) is 0.143. The largest absolute Gasteiger partial charge is 0.408 e. The molecule has 3 aromatic rings. The Morgan fingerprint density at radius 3 is 2.68 bits per heavy atom. The molecule has 2 heterocycles. The van der Waals surface area contributed by atoms with Crippen LogP contribution in [0.3, 0.4) is 0 Å². The van der Waals surface area contributed by atoms with Gasteiger partial charge in [0.05, 0.1) is 5.69 Å². The Hall–Kier alpha value is -2.32. The van der Waals surface area contributed by atoms with Gasteiger partial charge in [-0.05, 0) is 38.2 Å². The van der Waals surface area contributed by atoms with Gasteiger partial charge < -0.3 is 4.42 Å². The quantitative estimate of drug-likeness (QED) is 0.714. The number of anilines is 1. The van der Waals surface area contributed by atoms with E-state index in [1.165, 1.54) is 11.3 Å². The molecule has 1 aromatic carbocycles. The van der Waals surface area contributed by atoms with Crippen molar-refractivity contribution >= 4 is 34.6 Å². The van der Waals surface area contributed by atoms with Crippen LogP contribution in [0.1, 0.15) is 21.6 Å². The van der Waals surface area contributed by atoms with Crippen molar-refractivity contribution in [3.63, 3.8) is 0 Å². The normalized spacial score (nSPS) is 10.6. The molecule has 0 aliphatic carbocycles. The molecule has 2 N–H and O–H groups in total. The predicted octanol–water partition coefficient (Wildman–Crippen LogP) is 3.72. The third kappa shape index (κ3) is 2.97. The van der Waals surface area contributed by atoms with Crippen LogP contribution in [0.2, 0.25) is 0 Å². The van der Waals surface area contributed by atoms with Crippen molar-refractivity contribution in [3.8, 4) is 10.8 Å². The zero-order valence-electron chi connectivity index (χ0n) is 11.8. The van der Waals surface area contributed by atoms with Gasteiger partial charge in [-0.25, -0.2) is 10.1 Å². The van der Waals surface area contributed by atoms with E-state index in [0.29, 0.717) is 16.6 Å². The summed E-state index contributed by atoms with van der Waals surface area (Å²) in [5.41, 5.74) is 2.40. The van der Waals surface area contributed by atoms with Crippen molar-refractivity contribution in [1.29, 1.82) is 0 Å². The van der Waals surface area contributed by atoms with E-state index in [2.05, 4.69) is 20.5 Å². The molecule has 0 saturated heterocycles. The maximum atomic E-state index is 12.2. The number of carbonyl (C=O) groups excluding carboxylic acids is 1. The summed E-state index contributed by atoms with van der Waals surface area (Å²) in [5, 5.41) is 9.80. The molecule has 112 valence electrons. The van der Waals surface area contributed by atoms with E-state index >= 15 is 0 Å². The minimum absolute atomic E-state index is 0.202. The summed E-state index contributed by atoms with van der Waals surface area (Å²) < 4.78 is 5.27. The molecule has 0 spiro atoms. The second-order valence-electron chi connectivity index (χ2n) is 4.67. The fourth-order valence-corrected chi connectivity index (χ4v) is 2.86.